The van der Waals surface area contributed by atoms with E-state index in [4.69, 9.17) is 4.42 Å². The highest BCUT2D eigenvalue weighted by Gasteiger charge is 2.30. The van der Waals surface area contributed by atoms with Crippen molar-refractivity contribution >= 4 is 27.5 Å². The molecule has 1 aliphatic rings. The second-order valence-electron chi connectivity index (χ2n) is 6.47. The highest BCUT2D eigenvalue weighted by atomic mass is 32.2. The second kappa shape index (κ2) is 7.61. The Labute approximate surface area is 167 Å². The minimum atomic E-state index is -3.77. The van der Waals surface area contributed by atoms with Crippen molar-refractivity contribution in [1.82, 2.24) is 9.71 Å². The smallest absolute Gasteiger partial charge is 0.240 e. The maximum absolute atomic E-state index is 12.6. The Morgan fingerprint density at radius 3 is 2.41 bits per heavy atom. The lowest BCUT2D eigenvalue weighted by atomic mass is 10.2. The van der Waals surface area contributed by atoms with Crippen LogP contribution in [0.2, 0.25) is 0 Å². The fourth-order valence-corrected chi connectivity index (χ4v) is 4.06. The highest BCUT2D eigenvalue weighted by Crippen LogP contribution is 2.24. The zero-order valence-corrected chi connectivity index (χ0v) is 16.1. The lowest BCUT2D eigenvalue weighted by Gasteiger charge is -2.14. The topological polar surface area (TPSA) is 110 Å². The number of hydrogen-bond acceptors (Lipinski definition) is 6. The van der Waals surface area contributed by atoms with E-state index >= 15 is 0 Å². The van der Waals surface area contributed by atoms with Gasteiger partial charge in [0, 0.05) is 25.6 Å². The van der Waals surface area contributed by atoms with Crippen LogP contribution in [0, 0.1) is 0 Å². The van der Waals surface area contributed by atoms with Crippen molar-refractivity contribution in [2.24, 2.45) is 0 Å². The molecule has 2 amide bonds. The molecule has 1 N–H and O–H groups in total. The Hall–Kier alpha value is -3.30. The second-order valence-corrected chi connectivity index (χ2v) is 8.23. The van der Waals surface area contributed by atoms with Gasteiger partial charge in [-0.25, -0.2) is 13.1 Å². The number of furan rings is 1. The van der Waals surface area contributed by atoms with Gasteiger partial charge in [0.05, 0.1) is 16.8 Å². The molecule has 4 rings (SSSR count). The SMILES string of the molecule is O=C1CCC(=O)N1c1ccc(S(=O)(=O)NCc2ccnc(-c3ccco3)c2)cc1. The number of pyridine rings is 1. The number of rotatable bonds is 6. The molecule has 1 saturated heterocycles. The number of aromatic nitrogens is 1. The van der Waals surface area contributed by atoms with E-state index < -0.39 is 10.0 Å². The van der Waals surface area contributed by atoms with Gasteiger partial charge in [-0.1, -0.05) is 0 Å². The van der Waals surface area contributed by atoms with Gasteiger partial charge in [0.2, 0.25) is 21.8 Å². The van der Waals surface area contributed by atoms with Gasteiger partial charge in [-0.3, -0.25) is 19.5 Å². The summed E-state index contributed by atoms with van der Waals surface area (Å²) in [5, 5.41) is 0. The first-order valence-electron chi connectivity index (χ1n) is 8.88. The summed E-state index contributed by atoms with van der Waals surface area (Å²) in [4.78, 5) is 28.9. The maximum Gasteiger partial charge on any atom is 0.240 e. The summed E-state index contributed by atoms with van der Waals surface area (Å²) < 4.78 is 33.0. The third-order valence-electron chi connectivity index (χ3n) is 4.52. The predicted molar refractivity (Wildman–Crippen MR) is 104 cm³/mol. The number of nitrogens with zero attached hydrogens (tertiary/aromatic N) is 2. The van der Waals surface area contributed by atoms with E-state index in [1.54, 1.807) is 36.7 Å². The van der Waals surface area contributed by atoms with Crippen LogP contribution < -0.4 is 9.62 Å². The molecule has 1 aliphatic heterocycles. The van der Waals surface area contributed by atoms with E-state index in [-0.39, 0.29) is 36.1 Å². The normalized spacial score (nSPS) is 14.6. The number of nitrogens with one attached hydrogen (secondary N) is 1. The molecule has 3 aromatic rings. The summed E-state index contributed by atoms with van der Waals surface area (Å²) in [7, 11) is -3.77. The minimum absolute atomic E-state index is 0.0423. The summed E-state index contributed by atoms with van der Waals surface area (Å²) in [5.41, 5.74) is 1.70. The van der Waals surface area contributed by atoms with E-state index in [1.807, 2.05) is 0 Å². The van der Waals surface area contributed by atoms with E-state index in [1.165, 1.54) is 24.3 Å². The Morgan fingerprint density at radius 2 is 1.76 bits per heavy atom. The fourth-order valence-electron chi connectivity index (χ4n) is 3.04. The number of benzene rings is 1. The summed E-state index contributed by atoms with van der Waals surface area (Å²) in [6.07, 6.45) is 3.47. The van der Waals surface area contributed by atoms with Crippen molar-refractivity contribution in [3.63, 3.8) is 0 Å². The summed E-state index contributed by atoms with van der Waals surface area (Å²) >= 11 is 0. The summed E-state index contributed by atoms with van der Waals surface area (Å²) in [5.74, 6) is 0.0267. The Morgan fingerprint density at radius 1 is 1.03 bits per heavy atom. The molecular formula is C20H17N3O5S. The number of hydrogen-bond donors (Lipinski definition) is 1. The van der Waals surface area contributed by atoms with Crippen molar-refractivity contribution in [3.8, 4) is 11.5 Å². The maximum atomic E-state index is 12.6. The largest absolute Gasteiger partial charge is 0.463 e. The monoisotopic (exact) mass is 411 g/mol. The van der Waals surface area contributed by atoms with Gasteiger partial charge in [-0.05, 0) is 54.1 Å². The molecule has 148 valence electrons. The van der Waals surface area contributed by atoms with Crippen molar-refractivity contribution in [1.29, 1.82) is 0 Å². The van der Waals surface area contributed by atoms with Crippen molar-refractivity contribution in [3.05, 3.63) is 66.6 Å². The van der Waals surface area contributed by atoms with Crippen LogP contribution in [-0.4, -0.2) is 25.2 Å². The van der Waals surface area contributed by atoms with Crippen LogP contribution in [0.5, 0.6) is 0 Å². The van der Waals surface area contributed by atoms with Crippen LogP contribution in [0.1, 0.15) is 18.4 Å². The summed E-state index contributed by atoms with van der Waals surface area (Å²) in [6, 6.07) is 12.6. The first-order valence-corrected chi connectivity index (χ1v) is 10.4. The first-order chi connectivity index (χ1) is 13.9. The Balaban J connectivity index is 1.47. The molecule has 0 aliphatic carbocycles. The van der Waals surface area contributed by atoms with Crippen LogP contribution in [0.25, 0.3) is 11.5 Å². The van der Waals surface area contributed by atoms with Gasteiger partial charge in [0.25, 0.3) is 0 Å². The molecule has 0 spiro atoms. The van der Waals surface area contributed by atoms with E-state index in [2.05, 4.69) is 9.71 Å². The molecular weight excluding hydrogens is 394 g/mol. The molecule has 8 nitrogen and oxygen atoms in total. The molecule has 1 fully saturated rings. The van der Waals surface area contributed by atoms with Crippen LogP contribution >= 0.6 is 0 Å². The number of sulfonamides is 1. The van der Waals surface area contributed by atoms with Gasteiger partial charge >= 0.3 is 0 Å². The van der Waals surface area contributed by atoms with Crippen molar-refractivity contribution in [2.75, 3.05) is 4.90 Å². The fraction of sp³-hybridized carbons (Fsp3) is 0.150. The minimum Gasteiger partial charge on any atom is -0.463 e. The number of amides is 2. The molecule has 29 heavy (non-hydrogen) atoms. The number of carbonyl (C=O) groups is 2. The molecule has 9 heteroatoms. The highest BCUT2D eigenvalue weighted by molar-refractivity contribution is 7.89. The summed E-state index contributed by atoms with van der Waals surface area (Å²) in [6.45, 7) is 0.0728. The van der Waals surface area contributed by atoms with E-state index in [0.717, 1.165) is 10.5 Å². The Kier molecular flexibility index (Phi) is 4.99. The lowest BCUT2D eigenvalue weighted by molar-refractivity contribution is -0.121. The Bertz CT molecular complexity index is 1140. The third-order valence-corrected chi connectivity index (χ3v) is 5.94. The third kappa shape index (κ3) is 3.96. The van der Waals surface area contributed by atoms with Gasteiger partial charge < -0.3 is 4.42 Å². The molecule has 0 unspecified atom stereocenters. The number of carbonyl (C=O) groups excluding carboxylic acids is 2. The quantitative estimate of drug-likeness (QED) is 0.624. The molecule has 0 radical (unpaired) electrons. The molecule has 1 aromatic carbocycles. The zero-order valence-electron chi connectivity index (χ0n) is 15.2. The van der Waals surface area contributed by atoms with E-state index in [0.29, 0.717) is 17.1 Å². The average molecular weight is 411 g/mol. The predicted octanol–water partition coefficient (Wildman–Crippen LogP) is 2.47. The van der Waals surface area contributed by atoms with E-state index in [9.17, 15) is 18.0 Å². The van der Waals surface area contributed by atoms with Gasteiger partial charge in [-0.2, -0.15) is 0 Å². The molecule has 3 heterocycles. The first kappa shape index (κ1) is 19.0. The molecule has 0 bridgehead atoms. The molecule has 0 saturated carbocycles. The average Bonchev–Trinajstić information content (AvgIpc) is 3.37. The molecule has 0 atom stereocenters. The lowest BCUT2D eigenvalue weighted by Crippen LogP contribution is -2.28. The van der Waals surface area contributed by atoms with Crippen LogP contribution in [0.3, 0.4) is 0 Å². The van der Waals surface area contributed by atoms with Crippen LogP contribution in [-0.2, 0) is 26.2 Å². The van der Waals surface area contributed by atoms with Gasteiger partial charge in [-0.15, -0.1) is 0 Å². The number of anilines is 1. The zero-order chi connectivity index (χ0) is 20.4. The van der Waals surface area contributed by atoms with Crippen molar-refractivity contribution in [2.45, 2.75) is 24.3 Å². The number of imide groups is 1. The van der Waals surface area contributed by atoms with Crippen LogP contribution in [0.15, 0.2) is 70.3 Å². The van der Waals surface area contributed by atoms with Crippen molar-refractivity contribution < 1.29 is 22.4 Å². The standard InChI is InChI=1S/C20H17N3O5S/c24-19-7-8-20(25)23(19)15-3-5-16(6-4-15)29(26,27)22-13-14-9-10-21-17(12-14)18-2-1-11-28-18/h1-6,9-12,22H,7-8,13H2. The van der Waals surface area contributed by atoms with Gasteiger partial charge in [0.15, 0.2) is 5.76 Å². The van der Waals surface area contributed by atoms with Gasteiger partial charge in [0.1, 0.15) is 5.69 Å². The van der Waals surface area contributed by atoms with Crippen LogP contribution in [0.4, 0.5) is 5.69 Å². The molecule has 2 aromatic heterocycles.